The van der Waals surface area contributed by atoms with Gasteiger partial charge in [-0.2, -0.15) is 0 Å². The van der Waals surface area contributed by atoms with Crippen LogP contribution in [0.2, 0.25) is 0 Å². The molecule has 84 valence electrons. The van der Waals surface area contributed by atoms with E-state index in [1.165, 1.54) is 5.69 Å². The van der Waals surface area contributed by atoms with Gasteiger partial charge in [-0.05, 0) is 18.2 Å². The predicted octanol–water partition coefficient (Wildman–Crippen LogP) is 1.54. The Morgan fingerprint density at radius 3 is 2.94 bits per heavy atom. The Labute approximate surface area is 94.3 Å². The molecule has 0 unspecified atom stereocenters. The summed E-state index contributed by atoms with van der Waals surface area (Å²) in [7, 11) is 2.12. The summed E-state index contributed by atoms with van der Waals surface area (Å²) in [6, 6.07) is 6.77. The number of nitrogens with zero attached hydrogens (tertiary/aromatic N) is 2. The maximum atomic E-state index is 5.46. The highest BCUT2D eigenvalue weighted by Crippen LogP contribution is 2.23. The fourth-order valence-corrected chi connectivity index (χ4v) is 2.01. The fourth-order valence-electron chi connectivity index (χ4n) is 2.01. The topological polar surface area (TPSA) is 41.3 Å². The summed E-state index contributed by atoms with van der Waals surface area (Å²) in [5.41, 5.74) is 3.00. The number of fused-ring (bicyclic) bond motifs is 1. The van der Waals surface area contributed by atoms with Crippen molar-refractivity contribution >= 4 is 16.8 Å². The third kappa shape index (κ3) is 1.46. The first-order valence-corrected chi connectivity index (χ1v) is 5.55. The van der Waals surface area contributed by atoms with Gasteiger partial charge in [0, 0.05) is 32.7 Å². The van der Waals surface area contributed by atoms with E-state index in [1.54, 1.807) is 0 Å². The summed E-state index contributed by atoms with van der Waals surface area (Å²) in [5.74, 6) is 0.722. The number of nitrogens with one attached hydrogen (secondary N) is 1. The van der Waals surface area contributed by atoms with Crippen molar-refractivity contribution in [3.8, 4) is 0 Å². The molecule has 0 saturated carbocycles. The number of oxazole rings is 1. The van der Waals surface area contributed by atoms with E-state index in [0.717, 1.165) is 30.1 Å². The summed E-state index contributed by atoms with van der Waals surface area (Å²) in [4.78, 5) is 6.64. The lowest BCUT2D eigenvalue weighted by atomic mass is 10.1. The van der Waals surface area contributed by atoms with Crippen molar-refractivity contribution in [3.63, 3.8) is 0 Å². The van der Waals surface area contributed by atoms with Crippen LogP contribution in [0.4, 0.5) is 5.69 Å². The summed E-state index contributed by atoms with van der Waals surface area (Å²) < 4.78 is 5.46. The molecule has 2 heterocycles. The number of anilines is 1. The van der Waals surface area contributed by atoms with Gasteiger partial charge < -0.3 is 14.6 Å². The first-order chi connectivity index (χ1) is 7.74. The molecule has 2 aromatic rings. The van der Waals surface area contributed by atoms with Crippen LogP contribution in [0.25, 0.3) is 11.1 Å². The highest BCUT2D eigenvalue weighted by Gasteiger charge is 2.22. The molecule has 16 heavy (non-hydrogen) atoms. The Kier molecular flexibility index (Phi) is 2.11. The van der Waals surface area contributed by atoms with Crippen LogP contribution in [0, 0.1) is 6.92 Å². The third-order valence-electron chi connectivity index (χ3n) is 3.19. The molecule has 1 saturated heterocycles. The van der Waals surface area contributed by atoms with Gasteiger partial charge >= 0.3 is 0 Å². The zero-order chi connectivity index (χ0) is 11.1. The van der Waals surface area contributed by atoms with E-state index in [-0.39, 0.29) is 0 Å². The normalized spacial score (nSPS) is 16.4. The molecular formula is C12H15N3O. The van der Waals surface area contributed by atoms with Gasteiger partial charge in [0.25, 0.3) is 0 Å². The van der Waals surface area contributed by atoms with E-state index in [0.29, 0.717) is 6.04 Å². The molecule has 4 heteroatoms. The van der Waals surface area contributed by atoms with E-state index in [2.05, 4.69) is 34.4 Å². The summed E-state index contributed by atoms with van der Waals surface area (Å²) in [6.45, 7) is 4.00. The molecule has 1 fully saturated rings. The van der Waals surface area contributed by atoms with Crippen LogP contribution in [0.15, 0.2) is 22.6 Å². The Morgan fingerprint density at radius 1 is 1.44 bits per heavy atom. The van der Waals surface area contributed by atoms with Crippen molar-refractivity contribution in [1.82, 2.24) is 10.3 Å². The molecular weight excluding hydrogens is 202 g/mol. The number of benzene rings is 1. The Morgan fingerprint density at radius 2 is 2.25 bits per heavy atom. The van der Waals surface area contributed by atoms with Crippen molar-refractivity contribution in [1.29, 1.82) is 0 Å². The van der Waals surface area contributed by atoms with Crippen LogP contribution in [-0.2, 0) is 0 Å². The second-order valence-corrected chi connectivity index (χ2v) is 4.31. The van der Waals surface area contributed by atoms with E-state index in [4.69, 9.17) is 4.42 Å². The van der Waals surface area contributed by atoms with Crippen molar-refractivity contribution in [3.05, 3.63) is 24.1 Å². The van der Waals surface area contributed by atoms with Crippen LogP contribution >= 0.6 is 0 Å². The number of hydrogen-bond acceptors (Lipinski definition) is 4. The smallest absolute Gasteiger partial charge is 0.192 e. The molecule has 1 aliphatic heterocycles. The molecule has 0 atom stereocenters. The van der Waals surface area contributed by atoms with Gasteiger partial charge in [-0.1, -0.05) is 0 Å². The van der Waals surface area contributed by atoms with E-state index >= 15 is 0 Å². The molecule has 4 nitrogen and oxygen atoms in total. The van der Waals surface area contributed by atoms with E-state index in [9.17, 15) is 0 Å². The summed E-state index contributed by atoms with van der Waals surface area (Å²) in [5, 5.41) is 3.28. The Balaban J connectivity index is 1.97. The maximum absolute atomic E-state index is 5.46. The first kappa shape index (κ1) is 9.66. The van der Waals surface area contributed by atoms with Gasteiger partial charge in [-0.15, -0.1) is 0 Å². The lowest BCUT2D eigenvalue weighted by molar-refractivity contribution is 0.429. The predicted molar refractivity (Wildman–Crippen MR) is 63.8 cm³/mol. The van der Waals surface area contributed by atoms with Gasteiger partial charge in [0.2, 0.25) is 0 Å². The molecule has 0 amide bonds. The van der Waals surface area contributed by atoms with Crippen LogP contribution in [-0.4, -0.2) is 31.2 Å². The minimum absolute atomic E-state index is 0.602. The molecule has 1 N–H and O–H groups in total. The van der Waals surface area contributed by atoms with Crippen LogP contribution < -0.4 is 10.2 Å². The van der Waals surface area contributed by atoms with Crippen molar-refractivity contribution in [2.24, 2.45) is 0 Å². The minimum Gasteiger partial charge on any atom is -0.441 e. The van der Waals surface area contributed by atoms with Gasteiger partial charge in [-0.25, -0.2) is 4.98 Å². The molecule has 1 aromatic carbocycles. The van der Waals surface area contributed by atoms with Crippen molar-refractivity contribution in [2.75, 3.05) is 25.0 Å². The highest BCUT2D eigenvalue weighted by atomic mass is 16.3. The van der Waals surface area contributed by atoms with Gasteiger partial charge in [0.15, 0.2) is 11.5 Å². The Hall–Kier alpha value is -1.55. The molecule has 3 rings (SSSR count). The average molecular weight is 217 g/mol. The van der Waals surface area contributed by atoms with Crippen LogP contribution in [0.3, 0.4) is 0 Å². The Bertz CT molecular complexity index is 516. The molecule has 1 aliphatic rings. The summed E-state index contributed by atoms with van der Waals surface area (Å²) in [6.07, 6.45) is 0. The zero-order valence-corrected chi connectivity index (χ0v) is 9.53. The van der Waals surface area contributed by atoms with Crippen LogP contribution in [0.5, 0.6) is 0 Å². The summed E-state index contributed by atoms with van der Waals surface area (Å²) >= 11 is 0. The quantitative estimate of drug-likeness (QED) is 0.828. The maximum Gasteiger partial charge on any atom is 0.192 e. The molecule has 0 aliphatic carbocycles. The second-order valence-electron chi connectivity index (χ2n) is 4.31. The zero-order valence-electron chi connectivity index (χ0n) is 9.53. The first-order valence-electron chi connectivity index (χ1n) is 5.55. The number of aryl methyl sites for hydroxylation is 1. The van der Waals surface area contributed by atoms with Gasteiger partial charge in [-0.3, -0.25) is 0 Å². The van der Waals surface area contributed by atoms with E-state index < -0.39 is 0 Å². The van der Waals surface area contributed by atoms with E-state index in [1.807, 2.05) is 13.0 Å². The molecule has 0 spiro atoms. The molecule has 0 bridgehead atoms. The standard InChI is InChI=1S/C12H15N3O/c1-8-14-11-5-9(3-4-12(11)16-8)15(2)10-6-13-7-10/h3-5,10,13H,6-7H2,1-2H3. The van der Waals surface area contributed by atoms with Crippen molar-refractivity contribution in [2.45, 2.75) is 13.0 Å². The highest BCUT2D eigenvalue weighted by molar-refractivity contribution is 5.77. The number of aromatic nitrogens is 1. The lowest BCUT2D eigenvalue weighted by Gasteiger charge is -2.37. The average Bonchev–Trinajstić information content (AvgIpc) is 2.53. The van der Waals surface area contributed by atoms with Crippen LogP contribution in [0.1, 0.15) is 5.89 Å². The molecule has 1 aromatic heterocycles. The minimum atomic E-state index is 0.602. The number of rotatable bonds is 2. The largest absolute Gasteiger partial charge is 0.441 e. The SMILES string of the molecule is Cc1nc2cc(N(C)C3CNC3)ccc2o1. The lowest BCUT2D eigenvalue weighted by Crippen LogP contribution is -2.56. The monoisotopic (exact) mass is 217 g/mol. The second kappa shape index (κ2) is 3.49. The third-order valence-corrected chi connectivity index (χ3v) is 3.19. The van der Waals surface area contributed by atoms with Gasteiger partial charge in [0.1, 0.15) is 5.52 Å². The fraction of sp³-hybridized carbons (Fsp3) is 0.417. The van der Waals surface area contributed by atoms with Gasteiger partial charge in [0.05, 0.1) is 6.04 Å². The van der Waals surface area contributed by atoms with Crippen molar-refractivity contribution < 1.29 is 4.42 Å². The number of likely N-dealkylation sites (N-methyl/N-ethyl adjacent to an activating group) is 1. The number of hydrogen-bond donors (Lipinski definition) is 1. The molecule has 0 radical (unpaired) electrons.